The highest BCUT2D eigenvalue weighted by molar-refractivity contribution is 5.78. The molecule has 0 rings (SSSR count). The van der Waals surface area contributed by atoms with Crippen molar-refractivity contribution in [3.8, 4) is 0 Å². The molecule has 0 saturated heterocycles. The lowest BCUT2D eigenvalue weighted by Gasteiger charge is -1.94. The molecule has 0 heterocycles. The molecule has 0 amide bonds. The van der Waals surface area contributed by atoms with Crippen LogP contribution in [0.5, 0.6) is 0 Å². The summed E-state index contributed by atoms with van der Waals surface area (Å²) in [5.41, 5.74) is 0. The van der Waals surface area contributed by atoms with E-state index in [0.29, 0.717) is 6.61 Å². The zero-order valence-electron chi connectivity index (χ0n) is 5.01. The zero-order chi connectivity index (χ0) is 6.41. The van der Waals surface area contributed by atoms with Gasteiger partial charge in [0.05, 0.1) is 20.1 Å². The minimum atomic E-state index is -0.355. The van der Waals surface area contributed by atoms with E-state index in [0.717, 1.165) is 0 Å². The van der Waals surface area contributed by atoms with E-state index in [1.54, 1.807) is 0 Å². The summed E-state index contributed by atoms with van der Waals surface area (Å²) in [6.07, 6.45) is 1.32. The van der Waals surface area contributed by atoms with Gasteiger partial charge in [-0.1, -0.05) is 0 Å². The fourth-order valence-electron chi connectivity index (χ4n) is 0.235. The van der Waals surface area contributed by atoms with Crippen molar-refractivity contribution in [1.82, 2.24) is 0 Å². The minimum absolute atomic E-state index is 0.312. The topological polar surface area (TPSA) is 35.5 Å². The van der Waals surface area contributed by atoms with Gasteiger partial charge >= 0.3 is 5.97 Å². The summed E-state index contributed by atoms with van der Waals surface area (Å²) in [4.78, 5) is 10.2. The van der Waals surface area contributed by atoms with Crippen molar-refractivity contribution < 1.29 is 14.3 Å². The molecule has 8 heavy (non-hydrogen) atoms. The summed E-state index contributed by atoms with van der Waals surface area (Å²) in [5, 5.41) is 0. The highest BCUT2D eigenvalue weighted by Gasteiger charge is 1.96. The Morgan fingerprint density at radius 3 is 2.62 bits per heavy atom. The predicted octanol–water partition coefficient (Wildman–Crippen LogP) is 0.0101. The van der Waals surface area contributed by atoms with Gasteiger partial charge in [0.1, 0.15) is 0 Å². The summed E-state index contributed by atoms with van der Waals surface area (Å²) in [6.45, 7) is 0.312. The van der Waals surface area contributed by atoms with Gasteiger partial charge in [-0.2, -0.15) is 0 Å². The molecule has 0 aromatic heterocycles. The van der Waals surface area contributed by atoms with Gasteiger partial charge in [0.15, 0.2) is 0 Å². The maximum atomic E-state index is 10.2. The molecular formula is C5H9O3. The number of hydrogen-bond acceptors (Lipinski definition) is 3. The molecule has 3 nitrogen and oxygen atoms in total. The fraction of sp³-hybridized carbons (Fsp3) is 0.600. The van der Waals surface area contributed by atoms with Gasteiger partial charge in [0.2, 0.25) is 0 Å². The molecule has 1 radical (unpaired) electrons. The molecule has 0 atom stereocenters. The predicted molar refractivity (Wildman–Crippen MR) is 28.2 cm³/mol. The number of ether oxygens (including phenoxy) is 2. The smallest absolute Gasteiger partial charge is 0.311 e. The zero-order valence-corrected chi connectivity index (χ0v) is 5.01. The monoisotopic (exact) mass is 117 g/mol. The van der Waals surface area contributed by atoms with E-state index in [9.17, 15) is 4.79 Å². The normalized spacial score (nSPS) is 8.75. The number of carbonyl (C=O) groups excluding carboxylic acids is 1. The van der Waals surface area contributed by atoms with Crippen LogP contribution in [0.25, 0.3) is 0 Å². The summed E-state index contributed by atoms with van der Waals surface area (Å²) in [6, 6.07) is 0. The summed E-state index contributed by atoms with van der Waals surface area (Å²) < 4.78 is 8.84. The molecule has 0 saturated carbocycles. The molecule has 0 aliphatic rings. The molecule has 0 unspecified atom stereocenters. The number of carbonyl (C=O) groups is 1. The van der Waals surface area contributed by atoms with Crippen LogP contribution < -0.4 is 0 Å². The molecule has 0 aromatic rings. The highest BCUT2D eigenvalue weighted by Crippen LogP contribution is 1.80. The van der Waals surface area contributed by atoms with E-state index >= 15 is 0 Å². The van der Waals surface area contributed by atoms with Gasteiger partial charge in [-0.15, -0.1) is 0 Å². The lowest BCUT2D eigenvalue weighted by atomic mass is 10.5. The van der Waals surface area contributed by atoms with Crippen molar-refractivity contribution in [1.29, 1.82) is 0 Å². The maximum Gasteiger partial charge on any atom is 0.311 e. The van der Waals surface area contributed by atoms with Crippen LogP contribution in [0, 0.1) is 6.42 Å². The molecular weight excluding hydrogens is 108 g/mol. The van der Waals surface area contributed by atoms with Gasteiger partial charge in [-0.3, -0.25) is 4.79 Å². The first-order chi connectivity index (χ1) is 3.81. The van der Waals surface area contributed by atoms with Crippen LogP contribution in [0.15, 0.2) is 0 Å². The second kappa shape index (κ2) is 4.59. The van der Waals surface area contributed by atoms with Crippen molar-refractivity contribution in [2.45, 2.75) is 0 Å². The molecule has 0 bridgehead atoms. The number of rotatable bonds is 3. The third-order valence-corrected chi connectivity index (χ3v) is 0.618. The largest absolute Gasteiger partial charge is 0.469 e. The molecule has 0 fully saturated rings. The third-order valence-electron chi connectivity index (χ3n) is 0.618. The third kappa shape index (κ3) is 3.61. The molecule has 0 aromatic carbocycles. The Hall–Kier alpha value is -0.570. The van der Waals surface area contributed by atoms with Crippen molar-refractivity contribution in [2.24, 2.45) is 0 Å². The van der Waals surface area contributed by atoms with Crippen LogP contribution in [0.1, 0.15) is 0 Å². The molecule has 3 heteroatoms. The van der Waals surface area contributed by atoms with Gasteiger partial charge in [0, 0.05) is 7.11 Å². The number of methoxy groups -OCH3 is 2. The van der Waals surface area contributed by atoms with Crippen molar-refractivity contribution >= 4 is 5.97 Å². The van der Waals surface area contributed by atoms with Gasteiger partial charge in [-0.05, 0) is 0 Å². The maximum absolute atomic E-state index is 10.2. The molecule has 0 aliphatic carbocycles. The molecule has 47 valence electrons. The van der Waals surface area contributed by atoms with Crippen LogP contribution in [0.4, 0.5) is 0 Å². The van der Waals surface area contributed by atoms with Crippen LogP contribution in [0.2, 0.25) is 0 Å². The van der Waals surface area contributed by atoms with Crippen LogP contribution >= 0.6 is 0 Å². The Kier molecular flexibility index (Phi) is 4.26. The second-order valence-corrected chi connectivity index (χ2v) is 1.18. The van der Waals surface area contributed by atoms with E-state index in [-0.39, 0.29) is 5.97 Å². The fourth-order valence-corrected chi connectivity index (χ4v) is 0.235. The van der Waals surface area contributed by atoms with Crippen molar-refractivity contribution in [3.05, 3.63) is 6.42 Å². The SMILES string of the molecule is COC[CH]C(=O)OC. The van der Waals surface area contributed by atoms with Gasteiger partial charge in [-0.25, -0.2) is 0 Å². The number of hydrogen-bond donors (Lipinski definition) is 0. The average molecular weight is 117 g/mol. The van der Waals surface area contributed by atoms with Crippen molar-refractivity contribution in [2.75, 3.05) is 20.8 Å². The Morgan fingerprint density at radius 1 is 1.62 bits per heavy atom. The summed E-state index contributed by atoms with van der Waals surface area (Å²) >= 11 is 0. The first kappa shape index (κ1) is 7.43. The van der Waals surface area contributed by atoms with Gasteiger partial charge in [0.25, 0.3) is 0 Å². The Labute approximate surface area is 48.6 Å². The standard InChI is InChI=1S/C5H9O3/c1-7-4-3-5(6)8-2/h3H,4H2,1-2H3. The van der Waals surface area contributed by atoms with E-state index in [1.165, 1.54) is 20.6 Å². The minimum Gasteiger partial charge on any atom is -0.469 e. The Morgan fingerprint density at radius 2 is 2.25 bits per heavy atom. The van der Waals surface area contributed by atoms with Crippen LogP contribution in [0.3, 0.4) is 0 Å². The molecule has 0 spiro atoms. The quantitative estimate of drug-likeness (QED) is 0.488. The number of esters is 1. The average Bonchev–Trinajstić information content (AvgIpc) is 1.83. The molecule has 0 aliphatic heterocycles. The lowest BCUT2D eigenvalue weighted by molar-refractivity contribution is -0.137. The second-order valence-electron chi connectivity index (χ2n) is 1.18. The van der Waals surface area contributed by atoms with Crippen LogP contribution in [-0.4, -0.2) is 26.8 Å². The van der Waals surface area contributed by atoms with E-state index in [2.05, 4.69) is 9.47 Å². The van der Waals surface area contributed by atoms with E-state index in [1.807, 2.05) is 0 Å². The summed E-state index contributed by atoms with van der Waals surface area (Å²) in [5.74, 6) is -0.355. The Balaban J connectivity index is 2.99. The van der Waals surface area contributed by atoms with Gasteiger partial charge < -0.3 is 9.47 Å². The van der Waals surface area contributed by atoms with Crippen LogP contribution in [-0.2, 0) is 14.3 Å². The van der Waals surface area contributed by atoms with Crippen molar-refractivity contribution in [3.63, 3.8) is 0 Å². The summed E-state index contributed by atoms with van der Waals surface area (Å²) in [7, 11) is 2.84. The van der Waals surface area contributed by atoms with E-state index in [4.69, 9.17) is 0 Å². The molecule has 0 N–H and O–H groups in total. The highest BCUT2D eigenvalue weighted by atomic mass is 16.5. The van der Waals surface area contributed by atoms with E-state index < -0.39 is 0 Å². The first-order valence-corrected chi connectivity index (χ1v) is 2.21. The first-order valence-electron chi connectivity index (χ1n) is 2.21. The lowest BCUT2D eigenvalue weighted by Crippen LogP contribution is -2.04. The Bertz CT molecular complexity index is 70.1.